The van der Waals surface area contributed by atoms with Crippen LogP contribution in [0.25, 0.3) is 11.4 Å². The van der Waals surface area contributed by atoms with E-state index in [1.807, 2.05) is 23.4 Å². The number of halogens is 1. The second kappa shape index (κ2) is 7.82. The summed E-state index contributed by atoms with van der Waals surface area (Å²) >= 11 is 1.37. The van der Waals surface area contributed by atoms with Gasteiger partial charge in [-0.25, -0.2) is 4.39 Å². The van der Waals surface area contributed by atoms with Gasteiger partial charge in [0.15, 0.2) is 11.0 Å². The lowest BCUT2D eigenvalue weighted by molar-refractivity contribution is -0.126. The Bertz CT molecular complexity index is 785. The molecule has 0 N–H and O–H groups in total. The van der Waals surface area contributed by atoms with E-state index in [0.29, 0.717) is 23.3 Å². The molecule has 7 heteroatoms. The molecule has 0 spiro atoms. The highest BCUT2D eigenvalue weighted by molar-refractivity contribution is 7.99. The lowest BCUT2D eigenvalue weighted by Crippen LogP contribution is -2.31. The fourth-order valence-corrected chi connectivity index (χ4v) is 3.72. The van der Waals surface area contributed by atoms with Crippen molar-refractivity contribution in [3.8, 4) is 11.4 Å². The summed E-state index contributed by atoms with van der Waals surface area (Å²) in [4.78, 5) is 14.4. The molecule has 0 saturated heterocycles. The molecular weight excluding hydrogens is 339 g/mol. The highest BCUT2D eigenvalue weighted by Crippen LogP contribution is 2.25. The van der Waals surface area contributed by atoms with Crippen molar-refractivity contribution in [1.29, 1.82) is 0 Å². The third-order valence-electron chi connectivity index (χ3n) is 4.24. The van der Waals surface area contributed by atoms with Gasteiger partial charge < -0.3 is 9.47 Å². The number of hydrogen-bond donors (Lipinski definition) is 0. The molecule has 0 unspecified atom stereocenters. The summed E-state index contributed by atoms with van der Waals surface area (Å²) in [5, 5.41) is 9.01. The lowest BCUT2D eigenvalue weighted by Gasteiger charge is -2.21. The van der Waals surface area contributed by atoms with Gasteiger partial charge in [0, 0.05) is 24.9 Å². The summed E-state index contributed by atoms with van der Waals surface area (Å²) in [7, 11) is 1.85. The van der Waals surface area contributed by atoms with Crippen molar-refractivity contribution < 1.29 is 9.18 Å². The first-order valence-corrected chi connectivity index (χ1v) is 9.36. The fourth-order valence-electron chi connectivity index (χ4n) is 2.93. The number of benzene rings is 1. The SMILES string of the molecule is CCN(C(=O)CSc1nnc(-c2ccc(F)cc2)n1C)C1=CCCC1. The molecule has 3 rings (SSSR count). The number of amides is 1. The molecule has 0 bridgehead atoms. The molecule has 1 aliphatic carbocycles. The molecule has 0 fully saturated rings. The van der Waals surface area contributed by atoms with Crippen LogP contribution in [0.5, 0.6) is 0 Å². The number of carbonyl (C=O) groups is 1. The molecule has 5 nitrogen and oxygen atoms in total. The Kier molecular flexibility index (Phi) is 5.53. The normalized spacial score (nSPS) is 13.8. The van der Waals surface area contributed by atoms with Gasteiger partial charge >= 0.3 is 0 Å². The van der Waals surface area contributed by atoms with Crippen LogP contribution < -0.4 is 0 Å². The molecule has 0 radical (unpaired) electrons. The first kappa shape index (κ1) is 17.7. The van der Waals surface area contributed by atoms with Gasteiger partial charge in [-0.1, -0.05) is 17.8 Å². The highest BCUT2D eigenvalue weighted by Gasteiger charge is 2.20. The molecule has 1 heterocycles. The largest absolute Gasteiger partial charge is 0.316 e. The van der Waals surface area contributed by atoms with E-state index in [0.717, 1.165) is 30.5 Å². The number of carbonyl (C=O) groups excluding carboxylic acids is 1. The molecule has 0 atom stereocenters. The first-order valence-electron chi connectivity index (χ1n) is 8.37. The van der Waals surface area contributed by atoms with Gasteiger partial charge in [-0.15, -0.1) is 10.2 Å². The van der Waals surface area contributed by atoms with Crippen molar-refractivity contribution >= 4 is 17.7 Å². The molecule has 0 saturated carbocycles. The summed E-state index contributed by atoms with van der Waals surface area (Å²) in [6.45, 7) is 2.68. The minimum atomic E-state index is -0.285. The van der Waals surface area contributed by atoms with Crippen LogP contribution in [0.3, 0.4) is 0 Å². The van der Waals surface area contributed by atoms with Crippen LogP contribution in [0, 0.1) is 5.82 Å². The minimum absolute atomic E-state index is 0.0898. The predicted octanol–water partition coefficient (Wildman–Crippen LogP) is 3.63. The van der Waals surface area contributed by atoms with E-state index in [-0.39, 0.29) is 11.7 Å². The van der Waals surface area contributed by atoms with Crippen LogP contribution in [0.2, 0.25) is 0 Å². The second-order valence-electron chi connectivity index (χ2n) is 5.89. The number of aromatic nitrogens is 3. The van der Waals surface area contributed by atoms with Crippen molar-refractivity contribution in [2.24, 2.45) is 7.05 Å². The number of allylic oxidation sites excluding steroid dienone is 2. The molecular formula is C18H21FN4OS. The quantitative estimate of drug-likeness (QED) is 0.738. The smallest absolute Gasteiger partial charge is 0.237 e. The zero-order valence-electron chi connectivity index (χ0n) is 14.4. The Labute approximate surface area is 150 Å². The predicted molar refractivity (Wildman–Crippen MR) is 96.4 cm³/mol. The van der Waals surface area contributed by atoms with Crippen LogP contribution in [0.1, 0.15) is 26.2 Å². The zero-order chi connectivity index (χ0) is 17.8. The summed E-state index contributed by atoms with van der Waals surface area (Å²) in [6.07, 6.45) is 5.30. The summed E-state index contributed by atoms with van der Waals surface area (Å²) in [5.74, 6) is 0.778. The Morgan fingerprint density at radius 3 is 2.72 bits per heavy atom. The molecule has 1 aromatic carbocycles. The molecule has 1 aliphatic rings. The van der Waals surface area contributed by atoms with Crippen LogP contribution >= 0.6 is 11.8 Å². The fraction of sp³-hybridized carbons (Fsp3) is 0.389. The average Bonchev–Trinajstić information content (AvgIpc) is 3.25. The highest BCUT2D eigenvalue weighted by atomic mass is 32.2. The first-order chi connectivity index (χ1) is 12.1. The number of nitrogens with zero attached hydrogens (tertiary/aromatic N) is 4. The molecule has 2 aromatic rings. The Morgan fingerprint density at radius 2 is 2.08 bits per heavy atom. The van der Waals surface area contributed by atoms with Crippen molar-refractivity contribution in [3.63, 3.8) is 0 Å². The van der Waals surface area contributed by atoms with E-state index in [4.69, 9.17) is 0 Å². The molecule has 25 heavy (non-hydrogen) atoms. The molecule has 1 aromatic heterocycles. The maximum Gasteiger partial charge on any atom is 0.237 e. The average molecular weight is 360 g/mol. The number of thioether (sulfide) groups is 1. The van der Waals surface area contributed by atoms with Crippen molar-refractivity contribution in [2.75, 3.05) is 12.3 Å². The van der Waals surface area contributed by atoms with Crippen molar-refractivity contribution in [1.82, 2.24) is 19.7 Å². The molecule has 0 aliphatic heterocycles. The standard InChI is InChI=1S/C18H21FN4OS/c1-3-23(15-6-4-5-7-15)16(24)12-25-18-21-20-17(22(18)2)13-8-10-14(19)11-9-13/h6,8-11H,3-5,7,12H2,1-2H3. The maximum absolute atomic E-state index is 13.1. The van der Waals surface area contributed by atoms with Gasteiger partial charge in [0.05, 0.1) is 5.75 Å². The Balaban J connectivity index is 1.67. The van der Waals surface area contributed by atoms with Gasteiger partial charge in [0.2, 0.25) is 5.91 Å². The minimum Gasteiger partial charge on any atom is -0.316 e. The van der Waals surface area contributed by atoms with E-state index in [9.17, 15) is 9.18 Å². The van der Waals surface area contributed by atoms with E-state index in [1.54, 1.807) is 12.1 Å². The molecule has 1 amide bonds. The van der Waals surface area contributed by atoms with Crippen LogP contribution in [-0.4, -0.2) is 37.9 Å². The van der Waals surface area contributed by atoms with Crippen LogP contribution in [0.4, 0.5) is 4.39 Å². The van der Waals surface area contributed by atoms with Gasteiger partial charge in [0.1, 0.15) is 5.82 Å². The van der Waals surface area contributed by atoms with E-state index < -0.39 is 0 Å². The van der Waals surface area contributed by atoms with E-state index in [2.05, 4.69) is 16.3 Å². The Morgan fingerprint density at radius 1 is 1.32 bits per heavy atom. The lowest BCUT2D eigenvalue weighted by atomic mass is 10.2. The summed E-state index contributed by atoms with van der Waals surface area (Å²) in [6, 6.07) is 6.14. The summed E-state index contributed by atoms with van der Waals surface area (Å²) < 4.78 is 14.9. The monoisotopic (exact) mass is 360 g/mol. The number of rotatable bonds is 6. The van der Waals surface area contributed by atoms with Crippen LogP contribution in [0.15, 0.2) is 41.2 Å². The molecule has 132 valence electrons. The van der Waals surface area contributed by atoms with Gasteiger partial charge in [-0.05, 0) is 50.5 Å². The van der Waals surface area contributed by atoms with Gasteiger partial charge in [0.25, 0.3) is 0 Å². The van der Waals surface area contributed by atoms with Gasteiger partial charge in [-0.3, -0.25) is 4.79 Å². The number of hydrogen-bond acceptors (Lipinski definition) is 4. The van der Waals surface area contributed by atoms with Crippen LogP contribution in [-0.2, 0) is 11.8 Å². The van der Waals surface area contributed by atoms with Gasteiger partial charge in [-0.2, -0.15) is 0 Å². The maximum atomic E-state index is 13.1. The topological polar surface area (TPSA) is 51.0 Å². The Hall–Kier alpha value is -2.15. The van der Waals surface area contributed by atoms with E-state index in [1.165, 1.54) is 23.9 Å². The third-order valence-corrected chi connectivity index (χ3v) is 5.25. The zero-order valence-corrected chi connectivity index (χ0v) is 15.2. The third kappa shape index (κ3) is 3.92. The van der Waals surface area contributed by atoms with Crippen molar-refractivity contribution in [3.05, 3.63) is 41.9 Å². The van der Waals surface area contributed by atoms with Crippen molar-refractivity contribution in [2.45, 2.75) is 31.3 Å². The van der Waals surface area contributed by atoms with E-state index >= 15 is 0 Å². The second-order valence-corrected chi connectivity index (χ2v) is 6.83. The summed E-state index contributed by atoms with van der Waals surface area (Å²) in [5.41, 5.74) is 1.93.